The minimum atomic E-state index is 0.868. The van der Waals surface area contributed by atoms with E-state index in [1.807, 2.05) is 7.05 Å². The summed E-state index contributed by atoms with van der Waals surface area (Å²) in [5, 5.41) is 3.20. The van der Waals surface area contributed by atoms with Crippen molar-refractivity contribution in [3.63, 3.8) is 0 Å². The summed E-state index contributed by atoms with van der Waals surface area (Å²) >= 11 is 2.11. The molecule has 1 fully saturated rings. The van der Waals surface area contributed by atoms with Crippen molar-refractivity contribution < 1.29 is 0 Å². The Morgan fingerprint density at radius 3 is 2.73 bits per heavy atom. The van der Waals surface area contributed by atoms with Crippen LogP contribution in [0.2, 0.25) is 0 Å². The SMILES string of the molecule is CNCCCCCCN(C)C1CCSC1. The van der Waals surface area contributed by atoms with E-state index < -0.39 is 0 Å². The van der Waals surface area contributed by atoms with Crippen molar-refractivity contribution in [1.29, 1.82) is 0 Å². The molecule has 1 saturated heterocycles. The van der Waals surface area contributed by atoms with Gasteiger partial charge in [-0.3, -0.25) is 0 Å². The number of unbranched alkanes of at least 4 members (excludes halogenated alkanes) is 3. The van der Waals surface area contributed by atoms with E-state index in [-0.39, 0.29) is 0 Å². The Labute approximate surface area is 99.2 Å². The Bertz CT molecular complexity index is 147. The van der Waals surface area contributed by atoms with Crippen LogP contribution in [0.1, 0.15) is 32.1 Å². The van der Waals surface area contributed by atoms with Crippen LogP contribution in [0.15, 0.2) is 0 Å². The standard InChI is InChI=1S/C12H26N2S/c1-13-8-5-3-4-6-9-14(2)12-7-10-15-11-12/h12-13H,3-11H2,1-2H3. The number of nitrogens with one attached hydrogen (secondary N) is 1. The molecule has 0 aromatic carbocycles. The van der Waals surface area contributed by atoms with E-state index >= 15 is 0 Å². The van der Waals surface area contributed by atoms with E-state index in [0.29, 0.717) is 0 Å². The minimum absolute atomic E-state index is 0.868. The molecule has 1 aliphatic heterocycles. The first-order valence-electron chi connectivity index (χ1n) is 6.27. The molecule has 0 aromatic heterocycles. The van der Waals surface area contributed by atoms with Gasteiger partial charge in [0.1, 0.15) is 0 Å². The van der Waals surface area contributed by atoms with E-state index in [1.54, 1.807) is 0 Å². The van der Waals surface area contributed by atoms with Gasteiger partial charge in [-0.2, -0.15) is 11.8 Å². The van der Waals surface area contributed by atoms with E-state index in [1.165, 1.54) is 56.7 Å². The highest BCUT2D eigenvalue weighted by Crippen LogP contribution is 2.21. The van der Waals surface area contributed by atoms with Crippen molar-refractivity contribution >= 4 is 11.8 Å². The van der Waals surface area contributed by atoms with Gasteiger partial charge in [0, 0.05) is 11.8 Å². The van der Waals surface area contributed by atoms with E-state index in [2.05, 4.69) is 29.0 Å². The zero-order valence-electron chi connectivity index (χ0n) is 10.3. The van der Waals surface area contributed by atoms with Crippen LogP contribution in [0.25, 0.3) is 0 Å². The molecule has 0 amide bonds. The van der Waals surface area contributed by atoms with Crippen molar-refractivity contribution in [3.8, 4) is 0 Å². The van der Waals surface area contributed by atoms with Crippen molar-refractivity contribution in [2.24, 2.45) is 0 Å². The van der Waals surface area contributed by atoms with Gasteiger partial charge in [-0.1, -0.05) is 12.8 Å². The summed E-state index contributed by atoms with van der Waals surface area (Å²) in [6.07, 6.45) is 6.89. The summed E-state index contributed by atoms with van der Waals surface area (Å²) in [5.74, 6) is 2.73. The van der Waals surface area contributed by atoms with Crippen molar-refractivity contribution in [2.45, 2.75) is 38.1 Å². The molecule has 1 N–H and O–H groups in total. The predicted octanol–water partition coefficient (Wildman–Crippen LogP) is 2.20. The third-order valence-corrected chi connectivity index (χ3v) is 4.36. The monoisotopic (exact) mass is 230 g/mol. The molecule has 1 heterocycles. The summed E-state index contributed by atoms with van der Waals surface area (Å²) in [6.45, 7) is 2.47. The molecular formula is C12H26N2S. The molecule has 90 valence electrons. The van der Waals surface area contributed by atoms with Crippen molar-refractivity contribution in [2.75, 3.05) is 38.7 Å². The van der Waals surface area contributed by atoms with Gasteiger partial charge in [0.25, 0.3) is 0 Å². The number of hydrogen-bond acceptors (Lipinski definition) is 3. The minimum Gasteiger partial charge on any atom is -0.320 e. The maximum absolute atomic E-state index is 3.20. The van der Waals surface area contributed by atoms with Crippen molar-refractivity contribution in [3.05, 3.63) is 0 Å². The molecule has 2 nitrogen and oxygen atoms in total. The summed E-state index contributed by atoms with van der Waals surface area (Å²) in [7, 11) is 4.33. The van der Waals surface area contributed by atoms with Gasteiger partial charge in [0.05, 0.1) is 0 Å². The molecule has 3 heteroatoms. The van der Waals surface area contributed by atoms with Crippen LogP contribution in [-0.2, 0) is 0 Å². The molecule has 1 atom stereocenters. The molecule has 0 aromatic rings. The average molecular weight is 230 g/mol. The van der Waals surface area contributed by atoms with E-state index in [0.717, 1.165) is 6.04 Å². The first kappa shape index (κ1) is 13.3. The zero-order valence-corrected chi connectivity index (χ0v) is 11.1. The number of thioether (sulfide) groups is 1. The van der Waals surface area contributed by atoms with Crippen LogP contribution < -0.4 is 5.32 Å². The van der Waals surface area contributed by atoms with Crippen molar-refractivity contribution in [1.82, 2.24) is 10.2 Å². The second kappa shape index (κ2) is 8.43. The predicted molar refractivity (Wildman–Crippen MR) is 70.8 cm³/mol. The Balaban J connectivity index is 1.90. The molecule has 0 radical (unpaired) electrons. The molecule has 0 aliphatic carbocycles. The quantitative estimate of drug-likeness (QED) is 0.644. The zero-order chi connectivity index (χ0) is 10.9. The third-order valence-electron chi connectivity index (χ3n) is 3.22. The lowest BCUT2D eigenvalue weighted by atomic mass is 10.1. The summed E-state index contributed by atoms with van der Waals surface area (Å²) in [5.41, 5.74) is 0. The normalized spacial score (nSPS) is 21.4. The molecule has 15 heavy (non-hydrogen) atoms. The maximum Gasteiger partial charge on any atom is 0.0191 e. The van der Waals surface area contributed by atoms with Gasteiger partial charge in [-0.25, -0.2) is 0 Å². The van der Waals surface area contributed by atoms with Gasteiger partial charge in [-0.15, -0.1) is 0 Å². The number of nitrogens with zero attached hydrogens (tertiary/aromatic N) is 1. The highest BCUT2D eigenvalue weighted by Gasteiger charge is 2.18. The Morgan fingerprint density at radius 2 is 2.07 bits per heavy atom. The third kappa shape index (κ3) is 5.79. The first-order chi connectivity index (χ1) is 7.34. The lowest BCUT2D eigenvalue weighted by molar-refractivity contribution is 0.256. The van der Waals surface area contributed by atoms with Crippen LogP contribution >= 0.6 is 11.8 Å². The molecule has 0 spiro atoms. The average Bonchev–Trinajstić information content (AvgIpc) is 2.76. The fraction of sp³-hybridized carbons (Fsp3) is 1.00. The Kier molecular flexibility index (Phi) is 7.49. The van der Waals surface area contributed by atoms with Crippen LogP contribution in [0.5, 0.6) is 0 Å². The summed E-state index contributed by atoms with van der Waals surface area (Å²) < 4.78 is 0. The molecule has 0 saturated carbocycles. The van der Waals surface area contributed by atoms with Gasteiger partial charge >= 0.3 is 0 Å². The van der Waals surface area contributed by atoms with Crippen LogP contribution in [-0.4, -0.2) is 49.6 Å². The Morgan fingerprint density at radius 1 is 1.27 bits per heavy atom. The van der Waals surface area contributed by atoms with E-state index in [4.69, 9.17) is 0 Å². The van der Waals surface area contributed by atoms with Gasteiger partial charge in [0.15, 0.2) is 0 Å². The second-order valence-electron chi connectivity index (χ2n) is 4.52. The largest absolute Gasteiger partial charge is 0.320 e. The number of hydrogen-bond donors (Lipinski definition) is 1. The lowest BCUT2D eigenvalue weighted by Gasteiger charge is -2.23. The van der Waals surface area contributed by atoms with E-state index in [9.17, 15) is 0 Å². The lowest BCUT2D eigenvalue weighted by Crippen LogP contribution is -2.32. The van der Waals surface area contributed by atoms with Gasteiger partial charge in [0.2, 0.25) is 0 Å². The molecule has 1 aliphatic rings. The highest BCUT2D eigenvalue weighted by molar-refractivity contribution is 7.99. The Hall–Kier alpha value is 0.270. The summed E-state index contributed by atoms with van der Waals surface area (Å²) in [6, 6.07) is 0.868. The molecular weight excluding hydrogens is 204 g/mol. The van der Waals surface area contributed by atoms with Crippen LogP contribution in [0, 0.1) is 0 Å². The topological polar surface area (TPSA) is 15.3 Å². The molecule has 1 rings (SSSR count). The maximum atomic E-state index is 3.20. The highest BCUT2D eigenvalue weighted by atomic mass is 32.2. The smallest absolute Gasteiger partial charge is 0.0191 e. The van der Waals surface area contributed by atoms with Gasteiger partial charge < -0.3 is 10.2 Å². The second-order valence-corrected chi connectivity index (χ2v) is 5.67. The first-order valence-corrected chi connectivity index (χ1v) is 7.42. The molecule has 0 bridgehead atoms. The summed E-state index contributed by atoms with van der Waals surface area (Å²) in [4.78, 5) is 2.57. The fourth-order valence-electron chi connectivity index (χ4n) is 2.07. The van der Waals surface area contributed by atoms with Gasteiger partial charge in [-0.05, 0) is 52.2 Å². The fourth-order valence-corrected chi connectivity index (χ4v) is 3.37. The van der Waals surface area contributed by atoms with Crippen LogP contribution in [0.3, 0.4) is 0 Å². The van der Waals surface area contributed by atoms with Crippen LogP contribution in [0.4, 0.5) is 0 Å². The molecule has 1 unspecified atom stereocenters. The number of rotatable bonds is 8.